The van der Waals surface area contributed by atoms with Crippen LogP contribution in [0.5, 0.6) is 0 Å². The fourth-order valence-electron chi connectivity index (χ4n) is 0.658. The van der Waals surface area contributed by atoms with E-state index in [-0.39, 0.29) is 0 Å². The van der Waals surface area contributed by atoms with Gasteiger partial charge in [-0.25, -0.2) is 0 Å². The first-order valence-electron chi connectivity index (χ1n) is 3.42. The first-order chi connectivity index (χ1) is 4.20. The molecule has 2 nitrogen and oxygen atoms in total. The van der Waals surface area contributed by atoms with Gasteiger partial charge in [0, 0.05) is 19.5 Å². The number of hydrogen-bond donors (Lipinski definition) is 1. The Hall–Kier alpha value is -0.530. The summed E-state index contributed by atoms with van der Waals surface area (Å²) in [5.74, 6) is 1.09. The monoisotopic (exact) mass is 128 g/mol. The highest BCUT2D eigenvalue weighted by molar-refractivity contribution is 5.81. The van der Waals surface area contributed by atoms with E-state index in [0.717, 1.165) is 12.3 Å². The molecule has 0 aromatic carbocycles. The Morgan fingerprint density at radius 3 is 2.22 bits per heavy atom. The molecule has 0 fully saturated rings. The highest BCUT2D eigenvalue weighted by Gasteiger charge is 1.94. The number of rotatable bonds is 2. The number of nitrogens with one attached hydrogen (secondary N) is 1. The van der Waals surface area contributed by atoms with Gasteiger partial charge in [0.15, 0.2) is 0 Å². The molecule has 0 aliphatic rings. The summed E-state index contributed by atoms with van der Waals surface area (Å²) in [7, 11) is 1.81. The Balaban J connectivity index is 3.58. The van der Waals surface area contributed by atoms with Crippen molar-refractivity contribution in [1.82, 2.24) is 5.32 Å². The minimum absolute atomic E-state index is 0.503. The van der Waals surface area contributed by atoms with Crippen LogP contribution in [0.3, 0.4) is 0 Å². The van der Waals surface area contributed by atoms with Gasteiger partial charge >= 0.3 is 0 Å². The summed E-state index contributed by atoms with van der Waals surface area (Å²) in [4.78, 5) is 4.05. The molecule has 2 heteroatoms. The zero-order chi connectivity index (χ0) is 7.28. The van der Waals surface area contributed by atoms with Crippen LogP contribution in [0.25, 0.3) is 0 Å². The minimum Gasteiger partial charge on any atom is -0.372 e. The Morgan fingerprint density at radius 2 is 2.11 bits per heavy atom. The maximum atomic E-state index is 4.05. The average Bonchev–Trinajstić information content (AvgIpc) is 1.82. The van der Waals surface area contributed by atoms with Gasteiger partial charge in [0.2, 0.25) is 0 Å². The molecule has 0 saturated carbocycles. The van der Waals surface area contributed by atoms with E-state index in [0.29, 0.717) is 6.04 Å². The maximum Gasteiger partial charge on any atom is 0.0958 e. The normalized spacial score (nSPS) is 12.3. The SMILES string of the molecule is CC/C(=N\C)NC(C)C. The number of nitrogens with zero attached hydrogens (tertiary/aromatic N) is 1. The van der Waals surface area contributed by atoms with Crippen LogP contribution in [0.2, 0.25) is 0 Å². The van der Waals surface area contributed by atoms with Crippen molar-refractivity contribution in [2.24, 2.45) is 4.99 Å². The van der Waals surface area contributed by atoms with E-state index in [4.69, 9.17) is 0 Å². The third-order valence-corrected chi connectivity index (χ3v) is 1.06. The lowest BCUT2D eigenvalue weighted by Crippen LogP contribution is -2.29. The van der Waals surface area contributed by atoms with E-state index >= 15 is 0 Å². The van der Waals surface area contributed by atoms with Gasteiger partial charge in [-0.2, -0.15) is 0 Å². The van der Waals surface area contributed by atoms with Crippen LogP contribution in [0.15, 0.2) is 4.99 Å². The van der Waals surface area contributed by atoms with Crippen molar-refractivity contribution in [1.29, 1.82) is 0 Å². The molecule has 0 aromatic heterocycles. The highest BCUT2D eigenvalue weighted by atomic mass is 15.0. The van der Waals surface area contributed by atoms with Crippen LogP contribution in [0, 0.1) is 0 Å². The van der Waals surface area contributed by atoms with Gasteiger partial charge in [0.1, 0.15) is 0 Å². The quantitative estimate of drug-likeness (QED) is 0.441. The standard InChI is InChI=1S/C7H16N2/c1-5-7(8-4)9-6(2)3/h6H,5H2,1-4H3,(H,8,9). The van der Waals surface area contributed by atoms with Gasteiger partial charge < -0.3 is 5.32 Å². The van der Waals surface area contributed by atoms with Gasteiger partial charge in [-0.05, 0) is 13.8 Å². The van der Waals surface area contributed by atoms with Gasteiger partial charge in [0.25, 0.3) is 0 Å². The van der Waals surface area contributed by atoms with Crippen LogP contribution in [0.1, 0.15) is 27.2 Å². The van der Waals surface area contributed by atoms with Crippen molar-refractivity contribution in [3.8, 4) is 0 Å². The summed E-state index contributed by atoms with van der Waals surface area (Å²) in [5, 5.41) is 3.23. The molecule has 0 spiro atoms. The summed E-state index contributed by atoms with van der Waals surface area (Å²) in [6.45, 7) is 6.32. The zero-order valence-electron chi connectivity index (χ0n) is 6.73. The smallest absolute Gasteiger partial charge is 0.0958 e. The lowest BCUT2D eigenvalue weighted by molar-refractivity contribution is 0.722. The molecule has 0 rings (SSSR count). The second-order valence-corrected chi connectivity index (χ2v) is 2.32. The van der Waals surface area contributed by atoms with Gasteiger partial charge in [0.05, 0.1) is 5.84 Å². The van der Waals surface area contributed by atoms with Crippen molar-refractivity contribution in [2.45, 2.75) is 33.2 Å². The number of amidine groups is 1. The van der Waals surface area contributed by atoms with Gasteiger partial charge in [-0.1, -0.05) is 6.92 Å². The van der Waals surface area contributed by atoms with Gasteiger partial charge in [-0.3, -0.25) is 4.99 Å². The van der Waals surface area contributed by atoms with Crippen LogP contribution in [-0.4, -0.2) is 18.9 Å². The second-order valence-electron chi connectivity index (χ2n) is 2.32. The predicted octanol–water partition coefficient (Wildman–Crippen LogP) is 1.42. The largest absolute Gasteiger partial charge is 0.372 e. The number of aliphatic imine (C=N–C) groups is 1. The van der Waals surface area contributed by atoms with E-state index in [2.05, 4.69) is 31.1 Å². The average molecular weight is 128 g/mol. The Labute approximate surface area is 57.4 Å². The van der Waals surface area contributed by atoms with Crippen LogP contribution in [-0.2, 0) is 0 Å². The van der Waals surface area contributed by atoms with Crippen LogP contribution >= 0.6 is 0 Å². The topological polar surface area (TPSA) is 24.4 Å². The zero-order valence-corrected chi connectivity index (χ0v) is 6.73. The molecule has 0 bridgehead atoms. The second kappa shape index (κ2) is 4.36. The molecule has 1 N–H and O–H groups in total. The summed E-state index contributed by atoms with van der Waals surface area (Å²) in [5.41, 5.74) is 0. The molecule has 0 unspecified atom stereocenters. The third-order valence-electron chi connectivity index (χ3n) is 1.06. The Kier molecular flexibility index (Phi) is 4.10. The molecule has 0 aliphatic carbocycles. The molecule has 0 saturated heterocycles. The molecule has 0 atom stereocenters. The van der Waals surface area contributed by atoms with E-state index in [1.54, 1.807) is 0 Å². The van der Waals surface area contributed by atoms with Crippen molar-refractivity contribution in [3.05, 3.63) is 0 Å². The number of hydrogen-bond acceptors (Lipinski definition) is 1. The maximum absolute atomic E-state index is 4.05. The minimum atomic E-state index is 0.503. The predicted molar refractivity (Wildman–Crippen MR) is 41.9 cm³/mol. The van der Waals surface area contributed by atoms with E-state index in [1.807, 2.05) is 7.05 Å². The molecule has 9 heavy (non-hydrogen) atoms. The molecular formula is C7H16N2. The summed E-state index contributed by atoms with van der Waals surface area (Å²) < 4.78 is 0. The third kappa shape index (κ3) is 4.01. The van der Waals surface area contributed by atoms with Gasteiger partial charge in [-0.15, -0.1) is 0 Å². The molecule has 0 heterocycles. The Morgan fingerprint density at radius 1 is 1.56 bits per heavy atom. The molecule has 0 aromatic rings. The lowest BCUT2D eigenvalue weighted by Gasteiger charge is -2.09. The van der Waals surface area contributed by atoms with Crippen LogP contribution in [0.4, 0.5) is 0 Å². The molecule has 54 valence electrons. The van der Waals surface area contributed by atoms with E-state index in [1.165, 1.54) is 0 Å². The van der Waals surface area contributed by atoms with Crippen LogP contribution < -0.4 is 5.32 Å². The van der Waals surface area contributed by atoms with Crippen molar-refractivity contribution in [3.63, 3.8) is 0 Å². The lowest BCUT2D eigenvalue weighted by atomic mass is 10.3. The van der Waals surface area contributed by atoms with Crippen molar-refractivity contribution >= 4 is 5.84 Å². The Bertz CT molecular complexity index is 95.1. The molecule has 0 radical (unpaired) electrons. The van der Waals surface area contributed by atoms with Crippen molar-refractivity contribution in [2.75, 3.05) is 7.05 Å². The van der Waals surface area contributed by atoms with E-state index < -0.39 is 0 Å². The highest BCUT2D eigenvalue weighted by Crippen LogP contribution is 1.83. The first kappa shape index (κ1) is 8.47. The van der Waals surface area contributed by atoms with E-state index in [9.17, 15) is 0 Å². The first-order valence-corrected chi connectivity index (χ1v) is 3.42. The molecular weight excluding hydrogens is 112 g/mol. The fraction of sp³-hybridized carbons (Fsp3) is 0.857. The summed E-state index contributed by atoms with van der Waals surface area (Å²) in [6.07, 6.45) is 0.995. The fourth-order valence-corrected chi connectivity index (χ4v) is 0.658. The summed E-state index contributed by atoms with van der Waals surface area (Å²) >= 11 is 0. The summed E-state index contributed by atoms with van der Waals surface area (Å²) in [6, 6.07) is 0.503. The molecule has 0 amide bonds. The molecule has 0 aliphatic heterocycles. The van der Waals surface area contributed by atoms with Crippen molar-refractivity contribution < 1.29 is 0 Å².